The fraction of sp³-hybridized carbons (Fsp3) is 0.462. The van der Waals surface area contributed by atoms with Crippen LogP contribution in [0.4, 0.5) is 5.69 Å². The second-order valence-electron chi connectivity index (χ2n) is 4.72. The number of ether oxygens (including phenoxy) is 1. The molecule has 96 valence electrons. The van der Waals surface area contributed by atoms with E-state index in [2.05, 4.69) is 15.8 Å². The van der Waals surface area contributed by atoms with Gasteiger partial charge in [-0.25, -0.2) is 9.78 Å². The molecule has 1 heterocycles. The molecule has 0 aromatic carbocycles. The van der Waals surface area contributed by atoms with E-state index in [4.69, 9.17) is 11.0 Å². The number of nitrogen functional groups attached to an aromatic ring is 1. The molecule has 0 spiro atoms. The highest BCUT2D eigenvalue weighted by Gasteiger charge is 2.18. The van der Waals surface area contributed by atoms with Gasteiger partial charge in [0.25, 0.3) is 0 Å². The second kappa shape index (κ2) is 5.50. The lowest BCUT2D eigenvalue weighted by atomic mass is 9.89. The summed E-state index contributed by atoms with van der Waals surface area (Å²) < 4.78 is 4.60. The van der Waals surface area contributed by atoms with Gasteiger partial charge in [0.1, 0.15) is 5.69 Å². The average Bonchev–Trinajstić information content (AvgIpc) is 2.37. The number of hydrogen-bond donors (Lipinski definition) is 1. The van der Waals surface area contributed by atoms with Crippen LogP contribution in [0.25, 0.3) is 0 Å². The number of carbonyl (C=O) groups excluding carboxylic acids is 1. The molecular weight excluding hydrogens is 230 g/mol. The predicted molar refractivity (Wildman–Crippen MR) is 67.7 cm³/mol. The fourth-order valence-corrected chi connectivity index (χ4v) is 1.42. The molecule has 5 heteroatoms. The molecule has 5 nitrogen and oxygen atoms in total. The number of nitriles is 1. The summed E-state index contributed by atoms with van der Waals surface area (Å²) in [7, 11) is 1.30. The SMILES string of the molecule is COC(=O)c1ccc(N)c(CCC(C)(C)C#N)n1. The van der Waals surface area contributed by atoms with E-state index in [1.807, 2.05) is 13.8 Å². The Balaban J connectivity index is 2.89. The summed E-state index contributed by atoms with van der Waals surface area (Å²) in [6.07, 6.45) is 1.18. The van der Waals surface area contributed by atoms with E-state index in [1.165, 1.54) is 13.2 Å². The maximum Gasteiger partial charge on any atom is 0.356 e. The van der Waals surface area contributed by atoms with E-state index in [9.17, 15) is 4.79 Å². The highest BCUT2D eigenvalue weighted by atomic mass is 16.5. The van der Waals surface area contributed by atoms with Gasteiger partial charge in [-0.15, -0.1) is 0 Å². The van der Waals surface area contributed by atoms with E-state index in [1.54, 1.807) is 6.07 Å². The Bertz CT molecular complexity index is 489. The van der Waals surface area contributed by atoms with Gasteiger partial charge < -0.3 is 10.5 Å². The molecule has 0 amide bonds. The Morgan fingerprint density at radius 1 is 1.56 bits per heavy atom. The maximum absolute atomic E-state index is 11.4. The van der Waals surface area contributed by atoms with Gasteiger partial charge in [0.2, 0.25) is 0 Å². The quantitative estimate of drug-likeness (QED) is 0.821. The molecular formula is C13H17N3O2. The topological polar surface area (TPSA) is 89.0 Å². The molecule has 0 atom stereocenters. The van der Waals surface area contributed by atoms with E-state index in [0.717, 1.165) is 0 Å². The third-order valence-corrected chi connectivity index (χ3v) is 2.69. The average molecular weight is 247 g/mol. The zero-order valence-electron chi connectivity index (χ0n) is 10.9. The molecule has 0 aliphatic rings. The standard InChI is InChI=1S/C13H17N3O2/c1-13(2,8-14)7-6-10-9(15)4-5-11(16-10)12(17)18-3/h4-5H,6-7,15H2,1-3H3. The van der Waals surface area contributed by atoms with Crippen LogP contribution in [0.1, 0.15) is 36.5 Å². The number of nitrogens with zero attached hydrogens (tertiary/aromatic N) is 2. The summed E-state index contributed by atoms with van der Waals surface area (Å²) in [4.78, 5) is 15.5. The molecule has 0 bridgehead atoms. The van der Waals surface area contributed by atoms with Gasteiger partial charge in [0, 0.05) is 0 Å². The molecule has 1 aromatic heterocycles. The van der Waals surface area contributed by atoms with Crippen LogP contribution in [-0.4, -0.2) is 18.1 Å². The molecule has 0 aliphatic carbocycles. The van der Waals surface area contributed by atoms with Crippen LogP contribution in [0.2, 0.25) is 0 Å². The van der Waals surface area contributed by atoms with Gasteiger partial charge in [-0.1, -0.05) is 0 Å². The minimum absolute atomic E-state index is 0.233. The first-order valence-electron chi connectivity index (χ1n) is 5.64. The van der Waals surface area contributed by atoms with Crippen molar-refractivity contribution in [2.24, 2.45) is 5.41 Å². The molecule has 18 heavy (non-hydrogen) atoms. The normalized spacial score (nSPS) is 10.8. The van der Waals surface area contributed by atoms with Gasteiger partial charge in [-0.3, -0.25) is 0 Å². The van der Waals surface area contributed by atoms with Gasteiger partial charge in [-0.05, 0) is 38.8 Å². The molecule has 0 unspecified atom stereocenters. The van der Waals surface area contributed by atoms with Crippen molar-refractivity contribution in [1.82, 2.24) is 4.98 Å². The molecule has 2 N–H and O–H groups in total. The Kier molecular flexibility index (Phi) is 4.27. The first kappa shape index (κ1) is 14.0. The number of nitrogens with two attached hydrogens (primary N) is 1. The smallest absolute Gasteiger partial charge is 0.356 e. The number of esters is 1. The van der Waals surface area contributed by atoms with Gasteiger partial charge in [0.15, 0.2) is 0 Å². The predicted octanol–water partition coefficient (Wildman–Crippen LogP) is 1.93. The lowest BCUT2D eigenvalue weighted by Gasteiger charge is -2.15. The molecule has 1 aromatic rings. The molecule has 0 aliphatic heterocycles. The lowest BCUT2D eigenvalue weighted by molar-refractivity contribution is 0.0594. The molecule has 0 radical (unpaired) electrons. The minimum Gasteiger partial charge on any atom is -0.464 e. The lowest BCUT2D eigenvalue weighted by Crippen LogP contribution is -2.12. The Morgan fingerprint density at radius 2 is 2.22 bits per heavy atom. The number of anilines is 1. The number of aromatic nitrogens is 1. The fourth-order valence-electron chi connectivity index (χ4n) is 1.42. The van der Waals surface area contributed by atoms with Crippen LogP contribution in [0.3, 0.4) is 0 Å². The van der Waals surface area contributed by atoms with Crippen LogP contribution >= 0.6 is 0 Å². The van der Waals surface area contributed by atoms with Crippen molar-refractivity contribution < 1.29 is 9.53 Å². The van der Waals surface area contributed by atoms with E-state index >= 15 is 0 Å². The van der Waals surface area contributed by atoms with Crippen LogP contribution < -0.4 is 5.73 Å². The molecule has 0 fully saturated rings. The highest BCUT2D eigenvalue weighted by Crippen LogP contribution is 2.23. The van der Waals surface area contributed by atoms with Crippen molar-refractivity contribution in [3.05, 3.63) is 23.5 Å². The maximum atomic E-state index is 11.4. The second-order valence-corrected chi connectivity index (χ2v) is 4.72. The summed E-state index contributed by atoms with van der Waals surface area (Å²) >= 11 is 0. The van der Waals surface area contributed by atoms with Crippen molar-refractivity contribution in [2.45, 2.75) is 26.7 Å². The number of carbonyl (C=O) groups is 1. The Hall–Kier alpha value is -2.09. The number of pyridine rings is 1. The summed E-state index contributed by atoms with van der Waals surface area (Å²) in [5.74, 6) is -0.490. The first-order chi connectivity index (χ1) is 8.39. The van der Waals surface area contributed by atoms with E-state index in [0.29, 0.717) is 24.2 Å². The number of hydrogen-bond acceptors (Lipinski definition) is 5. The monoisotopic (exact) mass is 247 g/mol. The van der Waals surface area contributed by atoms with Crippen molar-refractivity contribution >= 4 is 11.7 Å². The Labute approximate surface area is 107 Å². The largest absolute Gasteiger partial charge is 0.464 e. The van der Waals surface area contributed by atoms with Gasteiger partial charge in [-0.2, -0.15) is 5.26 Å². The van der Waals surface area contributed by atoms with Crippen molar-refractivity contribution in [2.75, 3.05) is 12.8 Å². The Morgan fingerprint density at radius 3 is 2.78 bits per heavy atom. The van der Waals surface area contributed by atoms with Gasteiger partial charge >= 0.3 is 5.97 Å². The molecule has 0 saturated heterocycles. The van der Waals surface area contributed by atoms with Gasteiger partial charge in [0.05, 0.1) is 30.0 Å². The summed E-state index contributed by atoms with van der Waals surface area (Å²) in [6.45, 7) is 3.71. The molecule has 1 rings (SSSR count). The van der Waals surface area contributed by atoms with Crippen molar-refractivity contribution in [3.8, 4) is 6.07 Å². The van der Waals surface area contributed by atoms with Crippen LogP contribution in [-0.2, 0) is 11.2 Å². The van der Waals surface area contributed by atoms with Crippen LogP contribution in [0.15, 0.2) is 12.1 Å². The zero-order valence-corrected chi connectivity index (χ0v) is 10.9. The molecule has 0 saturated carbocycles. The van der Waals surface area contributed by atoms with E-state index < -0.39 is 11.4 Å². The van der Waals surface area contributed by atoms with Crippen LogP contribution in [0, 0.1) is 16.7 Å². The highest BCUT2D eigenvalue weighted by molar-refractivity contribution is 5.87. The zero-order chi connectivity index (χ0) is 13.8. The third-order valence-electron chi connectivity index (χ3n) is 2.69. The van der Waals surface area contributed by atoms with E-state index in [-0.39, 0.29) is 5.69 Å². The minimum atomic E-state index is -0.490. The number of methoxy groups -OCH3 is 1. The first-order valence-corrected chi connectivity index (χ1v) is 5.64. The number of rotatable bonds is 4. The van der Waals surface area contributed by atoms with Crippen molar-refractivity contribution in [3.63, 3.8) is 0 Å². The summed E-state index contributed by atoms with van der Waals surface area (Å²) in [5.41, 5.74) is 6.75. The van der Waals surface area contributed by atoms with Crippen LogP contribution in [0.5, 0.6) is 0 Å². The van der Waals surface area contributed by atoms with Crippen molar-refractivity contribution in [1.29, 1.82) is 5.26 Å². The third kappa shape index (κ3) is 3.45. The summed E-state index contributed by atoms with van der Waals surface area (Å²) in [6, 6.07) is 5.38. The summed E-state index contributed by atoms with van der Waals surface area (Å²) in [5, 5.41) is 8.95. The number of aryl methyl sites for hydroxylation is 1.